The van der Waals surface area contributed by atoms with Crippen molar-refractivity contribution >= 4 is 5.78 Å². The van der Waals surface area contributed by atoms with Gasteiger partial charge in [0.15, 0.2) is 5.78 Å². The van der Waals surface area contributed by atoms with Crippen LogP contribution >= 0.6 is 0 Å². The Morgan fingerprint density at radius 1 is 1.67 bits per heavy atom. The molecule has 2 nitrogen and oxygen atoms in total. The van der Waals surface area contributed by atoms with E-state index in [-0.39, 0.29) is 11.9 Å². The molecule has 0 amide bonds. The topological polar surface area (TPSA) is 26.3 Å². The number of Topliss-reactive ketones (excluding diaryl/α,β-unsaturated/α-hetero) is 1. The summed E-state index contributed by atoms with van der Waals surface area (Å²) in [6, 6.07) is 0. The van der Waals surface area contributed by atoms with E-state index < -0.39 is 0 Å². The van der Waals surface area contributed by atoms with Crippen LogP contribution in [0.25, 0.3) is 0 Å². The van der Waals surface area contributed by atoms with Crippen LogP contribution in [0.5, 0.6) is 0 Å². The summed E-state index contributed by atoms with van der Waals surface area (Å²) in [4.78, 5) is 10.6. The molecule has 0 aliphatic carbocycles. The molecule has 0 saturated carbocycles. The SMILES string of the molecule is C/C=C/C(OC)C(C)=O. The van der Waals surface area contributed by atoms with Gasteiger partial charge in [-0.1, -0.05) is 12.2 Å². The van der Waals surface area contributed by atoms with Gasteiger partial charge >= 0.3 is 0 Å². The standard InChI is InChI=1S/C7H12O2/c1-4-5-7(9-3)6(2)8/h4-5,7H,1-3H3/b5-4+. The van der Waals surface area contributed by atoms with Crippen molar-refractivity contribution < 1.29 is 9.53 Å². The van der Waals surface area contributed by atoms with E-state index in [4.69, 9.17) is 4.74 Å². The zero-order chi connectivity index (χ0) is 7.28. The number of ether oxygens (including phenoxy) is 1. The molecule has 52 valence electrons. The highest BCUT2D eigenvalue weighted by molar-refractivity contribution is 5.82. The van der Waals surface area contributed by atoms with Gasteiger partial charge in [0.05, 0.1) is 0 Å². The van der Waals surface area contributed by atoms with E-state index in [1.165, 1.54) is 14.0 Å². The van der Waals surface area contributed by atoms with Crippen molar-refractivity contribution in [2.75, 3.05) is 7.11 Å². The van der Waals surface area contributed by atoms with Gasteiger partial charge in [0.2, 0.25) is 0 Å². The minimum Gasteiger partial charge on any atom is -0.370 e. The first-order valence-corrected chi connectivity index (χ1v) is 2.88. The Morgan fingerprint density at radius 2 is 2.22 bits per heavy atom. The minimum atomic E-state index is -0.352. The highest BCUT2D eigenvalue weighted by atomic mass is 16.5. The Balaban J connectivity index is 3.83. The number of rotatable bonds is 3. The predicted molar refractivity (Wildman–Crippen MR) is 36.3 cm³/mol. The fraction of sp³-hybridized carbons (Fsp3) is 0.571. The number of hydrogen-bond donors (Lipinski definition) is 0. The van der Waals surface area contributed by atoms with Gasteiger partial charge in [-0.25, -0.2) is 0 Å². The molecule has 2 heteroatoms. The first kappa shape index (κ1) is 8.37. The van der Waals surface area contributed by atoms with Crippen LogP contribution in [-0.2, 0) is 9.53 Å². The number of carbonyl (C=O) groups is 1. The lowest BCUT2D eigenvalue weighted by atomic mass is 10.2. The summed E-state index contributed by atoms with van der Waals surface area (Å²) in [5, 5.41) is 0. The van der Waals surface area contributed by atoms with Gasteiger partial charge in [0.25, 0.3) is 0 Å². The average molecular weight is 128 g/mol. The van der Waals surface area contributed by atoms with Gasteiger partial charge in [-0.15, -0.1) is 0 Å². The summed E-state index contributed by atoms with van der Waals surface area (Å²) >= 11 is 0. The maximum Gasteiger partial charge on any atom is 0.162 e. The normalized spacial score (nSPS) is 14.1. The Labute approximate surface area is 55.5 Å². The summed E-state index contributed by atoms with van der Waals surface area (Å²) in [6.07, 6.45) is 3.17. The minimum absolute atomic E-state index is 0.0376. The molecule has 0 N–H and O–H groups in total. The Bertz CT molecular complexity index is 116. The molecular formula is C7H12O2. The molecule has 0 radical (unpaired) electrons. The van der Waals surface area contributed by atoms with Crippen LogP contribution < -0.4 is 0 Å². The van der Waals surface area contributed by atoms with Gasteiger partial charge in [0.1, 0.15) is 6.10 Å². The van der Waals surface area contributed by atoms with Crippen molar-refractivity contribution in [2.45, 2.75) is 20.0 Å². The highest BCUT2D eigenvalue weighted by Crippen LogP contribution is 1.92. The molecule has 1 atom stereocenters. The number of hydrogen-bond acceptors (Lipinski definition) is 2. The Kier molecular flexibility index (Phi) is 3.97. The second-order valence-corrected chi connectivity index (χ2v) is 1.79. The fourth-order valence-corrected chi connectivity index (χ4v) is 0.555. The quantitative estimate of drug-likeness (QED) is 0.533. The van der Waals surface area contributed by atoms with E-state index in [0.29, 0.717) is 0 Å². The van der Waals surface area contributed by atoms with Gasteiger partial charge in [-0.05, 0) is 13.8 Å². The molecule has 0 heterocycles. The first-order chi connectivity index (χ1) is 4.22. The first-order valence-electron chi connectivity index (χ1n) is 2.88. The number of carbonyl (C=O) groups excluding carboxylic acids is 1. The molecule has 0 aromatic heterocycles. The molecule has 0 aromatic rings. The average Bonchev–Trinajstić information content (AvgIpc) is 1.82. The molecular weight excluding hydrogens is 116 g/mol. The van der Waals surface area contributed by atoms with E-state index in [0.717, 1.165) is 0 Å². The lowest BCUT2D eigenvalue weighted by molar-refractivity contribution is -0.124. The van der Waals surface area contributed by atoms with Crippen LogP contribution in [-0.4, -0.2) is 19.0 Å². The molecule has 1 unspecified atom stereocenters. The zero-order valence-electron chi connectivity index (χ0n) is 6.05. The largest absolute Gasteiger partial charge is 0.370 e. The van der Waals surface area contributed by atoms with Gasteiger partial charge in [0, 0.05) is 7.11 Å². The third kappa shape index (κ3) is 3.03. The molecule has 0 aliphatic heterocycles. The predicted octanol–water partition coefficient (Wildman–Crippen LogP) is 1.17. The second-order valence-electron chi connectivity index (χ2n) is 1.79. The van der Waals surface area contributed by atoms with Crippen molar-refractivity contribution in [2.24, 2.45) is 0 Å². The fourth-order valence-electron chi connectivity index (χ4n) is 0.555. The Hall–Kier alpha value is -0.630. The van der Waals surface area contributed by atoms with Crippen LogP contribution in [0, 0.1) is 0 Å². The second kappa shape index (κ2) is 4.27. The van der Waals surface area contributed by atoms with Crippen LogP contribution in [0.2, 0.25) is 0 Å². The van der Waals surface area contributed by atoms with Crippen molar-refractivity contribution in [1.82, 2.24) is 0 Å². The molecule has 0 spiro atoms. The van der Waals surface area contributed by atoms with Crippen molar-refractivity contribution in [3.8, 4) is 0 Å². The zero-order valence-corrected chi connectivity index (χ0v) is 6.05. The summed E-state index contributed by atoms with van der Waals surface area (Å²) in [5.74, 6) is 0.0376. The molecule has 0 bridgehead atoms. The third-order valence-electron chi connectivity index (χ3n) is 1.02. The maximum atomic E-state index is 10.6. The number of ketones is 1. The van der Waals surface area contributed by atoms with E-state index in [9.17, 15) is 4.79 Å². The maximum absolute atomic E-state index is 10.6. The van der Waals surface area contributed by atoms with Crippen LogP contribution in [0.1, 0.15) is 13.8 Å². The van der Waals surface area contributed by atoms with E-state index >= 15 is 0 Å². The highest BCUT2D eigenvalue weighted by Gasteiger charge is 2.05. The van der Waals surface area contributed by atoms with Crippen molar-refractivity contribution in [3.63, 3.8) is 0 Å². The van der Waals surface area contributed by atoms with E-state index in [1.807, 2.05) is 6.92 Å². The van der Waals surface area contributed by atoms with E-state index in [1.54, 1.807) is 12.2 Å². The summed E-state index contributed by atoms with van der Waals surface area (Å²) < 4.78 is 4.82. The molecule has 9 heavy (non-hydrogen) atoms. The molecule has 0 saturated heterocycles. The molecule has 0 aromatic carbocycles. The van der Waals surface area contributed by atoms with Crippen LogP contribution in [0.15, 0.2) is 12.2 Å². The summed E-state index contributed by atoms with van der Waals surface area (Å²) in [7, 11) is 1.52. The van der Waals surface area contributed by atoms with E-state index in [2.05, 4.69) is 0 Å². The summed E-state index contributed by atoms with van der Waals surface area (Å²) in [5.41, 5.74) is 0. The van der Waals surface area contributed by atoms with Crippen molar-refractivity contribution in [1.29, 1.82) is 0 Å². The van der Waals surface area contributed by atoms with Crippen molar-refractivity contribution in [3.05, 3.63) is 12.2 Å². The van der Waals surface area contributed by atoms with Gasteiger partial charge in [-0.2, -0.15) is 0 Å². The lowest BCUT2D eigenvalue weighted by Crippen LogP contribution is -2.16. The smallest absolute Gasteiger partial charge is 0.162 e. The monoisotopic (exact) mass is 128 g/mol. The summed E-state index contributed by atoms with van der Waals surface area (Å²) in [6.45, 7) is 3.36. The van der Waals surface area contributed by atoms with Crippen LogP contribution in [0.4, 0.5) is 0 Å². The van der Waals surface area contributed by atoms with Crippen LogP contribution in [0.3, 0.4) is 0 Å². The number of allylic oxidation sites excluding steroid dienone is 1. The van der Waals surface area contributed by atoms with Gasteiger partial charge in [-0.3, -0.25) is 4.79 Å². The third-order valence-corrected chi connectivity index (χ3v) is 1.02. The Morgan fingerprint density at radius 3 is 2.33 bits per heavy atom. The molecule has 0 aliphatic rings. The van der Waals surface area contributed by atoms with Gasteiger partial charge < -0.3 is 4.74 Å². The lowest BCUT2D eigenvalue weighted by Gasteiger charge is -2.03. The number of methoxy groups -OCH3 is 1. The molecule has 0 rings (SSSR count). The molecule has 0 fully saturated rings.